The van der Waals surface area contributed by atoms with Crippen molar-refractivity contribution in [2.24, 2.45) is 10.2 Å². The van der Waals surface area contributed by atoms with Gasteiger partial charge in [0.15, 0.2) is 17.3 Å². The minimum atomic E-state index is 0.0987. The van der Waals surface area contributed by atoms with Crippen molar-refractivity contribution in [3.05, 3.63) is 77.2 Å². The Morgan fingerprint density at radius 1 is 1.03 bits per heavy atom. The highest BCUT2D eigenvalue weighted by Crippen LogP contribution is 2.31. The number of azo groups is 1. The third kappa shape index (κ3) is 3.74. The van der Waals surface area contributed by atoms with Gasteiger partial charge in [0, 0.05) is 12.2 Å². The largest absolute Gasteiger partial charge is 0.504 e. The van der Waals surface area contributed by atoms with Crippen molar-refractivity contribution in [1.29, 1.82) is 0 Å². The maximum absolute atomic E-state index is 9.72. The van der Waals surface area contributed by atoms with Crippen LogP contribution in [-0.4, -0.2) is 26.8 Å². The van der Waals surface area contributed by atoms with Crippen LogP contribution in [0, 0.1) is 13.8 Å². The Morgan fingerprint density at radius 3 is 2.60 bits per heavy atom. The molecule has 0 atom stereocenters. The fraction of sp³-hybridized carbons (Fsp3) is 0.217. The first-order chi connectivity index (χ1) is 14.6. The third-order valence-corrected chi connectivity index (χ3v) is 5.23. The van der Waals surface area contributed by atoms with Crippen molar-refractivity contribution in [3.63, 3.8) is 0 Å². The van der Waals surface area contributed by atoms with Crippen LogP contribution in [0.1, 0.15) is 22.4 Å². The number of fused-ring (bicyclic) bond motifs is 1. The molecule has 7 nitrogen and oxygen atoms in total. The van der Waals surface area contributed by atoms with Crippen LogP contribution >= 0.6 is 0 Å². The molecule has 2 aromatic carbocycles. The number of methoxy groups -OCH3 is 1. The van der Waals surface area contributed by atoms with Crippen LogP contribution in [0.3, 0.4) is 0 Å². The lowest BCUT2D eigenvalue weighted by Gasteiger charge is -2.07. The van der Waals surface area contributed by atoms with Gasteiger partial charge >= 0.3 is 0 Å². The number of hydrogen-bond acceptors (Lipinski definition) is 6. The quantitative estimate of drug-likeness (QED) is 0.456. The number of aryl methyl sites for hydroxylation is 1. The first-order valence-electron chi connectivity index (χ1n) is 9.66. The van der Waals surface area contributed by atoms with Crippen LogP contribution in [0.4, 0.5) is 5.82 Å². The van der Waals surface area contributed by atoms with E-state index in [0.717, 1.165) is 34.4 Å². The summed E-state index contributed by atoms with van der Waals surface area (Å²) >= 11 is 0. The van der Waals surface area contributed by atoms with Crippen LogP contribution in [0.15, 0.2) is 65.1 Å². The minimum absolute atomic E-state index is 0.0987. The van der Waals surface area contributed by atoms with E-state index in [1.807, 2.05) is 18.2 Å². The topological polar surface area (TPSA) is 84.9 Å². The van der Waals surface area contributed by atoms with Gasteiger partial charge in [-0.2, -0.15) is 5.11 Å². The third-order valence-electron chi connectivity index (χ3n) is 5.23. The molecule has 0 aliphatic carbocycles. The highest BCUT2D eigenvalue weighted by Gasteiger charge is 2.16. The van der Waals surface area contributed by atoms with Gasteiger partial charge in [0.1, 0.15) is 12.0 Å². The van der Waals surface area contributed by atoms with Gasteiger partial charge in [0.05, 0.1) is 19.0 Å². The van der Waals surface area contributed by atoms with Gasteiger partial charge in [-0.25, -0.2) is 9.97 Å². The number of rotatable bonds is 6. The summed E-state index contributed by atoms with van der Waals surface area (Å²) in [6.45, 7) is 5.23. The molecule has 0 fully saturated rings. The SMILES string of the molecule is COc1cc(CN=Nc2ncnc3c2c(C)c(C)n3Cc2ccccc2)ccc1O. The molecule has 2 aromatic heterocycles. The van der Waals surface area contributed by atoms with E-state index >= 15 is 0 Å². The number of hydrogen-bond donors (Lipinski definition) is 1. The average Bonchev–Trinajstić information content (AvgIpc) is 3.01. The second-order valence-corrected chi connectivity index (χ2v) is 7.08. The van der Waals surface area contributed by atoms with Crippen molar-refractivity contribution in [2.75, 3.05) is 7.11 Å². The van der Waals surface area contributed by atoms with Crippen molar-refractivity contribution < 1.29 is 9.84 Å². The lowest BCUT2D eigenvalue weighted by molar-refractivity contribution is 0.373. The number of phenolic OH excluding ortho intramolecular Hbond substituents is 1. The summed E-state index contributed by atoms with van der Waals surface area (Å²) in [4.78, 5) is 8.88. The predicted octanol–water partition coefficient (Wildman–Crippen LogP) is 5.09. The van der Waals surface area contributed by atoms with Gasteiger partial charge in [0.2, 0.25) is 0 Å². The minimum Gasteiger partial charge on any atom is -0.504 e. The number of phenols is 1. The standard InChI is InChI=1S/C23H23N5O2/c1-15-16(2)28(13-17-7-5-4-6-8-17)23-21(15)22(24-14-25-23)27-26-12-18-9-10-19(29)20(11-18)30-3/h4-11,14,29H,12-13H2,1-3H3. The van der Waals surface area contributed by atoms with Gasteiger partial charge in [0.25, 0.3) is 0 Å². The number of benzene rings is 2. The summed E-state index contributed by atoms with van der Waals surface area (Å²) in [5, 5.41) is 19.3. The second kappa shape index (κ2) is 8.32. The van der Waals surface area contributed by atoms with Crippen molar-refractivity contribution in [2.45, 2.75) is 26.9 Å². The molecule has 152 valence electrons. The summed E-state index contributed by atoms with van der Waals surface area (Å²) < 4.78 is 7.33. The Balaban J connectivity index is 1.65. The molecule has 4 rings (SSSR count). The molecule has 4 aromatic rings. The van der Waals surface area contributed by atoms with E-state index in [2.05, 4.69) is 50.7 Å². The van der Waals surface area contributed by atoms with Crippen LogP contribution in [0.5, 0.6) is 11.5 Å². The summed E-state index contributed by atoms with van der Waals surface area (Å²) in [5.41, 5.74) is 5.17. The van der Waals surface area contributed by atoms with E-state index in [4.69, 9.17) is 4.74 Å². The maximum Gasteiger partial charge on any atom is 0.186 e. The highest BCUT2D eigenvalue weighted by molar-refractivity contribution is 5.90. The van der Waals surface area contributed by atoms with E-state index in [1.165, 1.54) is 19.0 Å². The van der Waals surface area contributed by atoms with Gasteiger partial charge in [-0.1, -0.05) is 36.4 Å². The molecule has 0 saturated heterocycles. The zero-order valence-electron chi connectivity index (χ0n) is 17.2. The van der Waals surface area contributed by atoms with Crippen molar-refractivity contribution >= 4 is 16.9 Å². The molecule has 1 N–H and O–H groups in total. The molecule has 0 aliphatic rings. The number of nitrogens with zero attached hydrogens (tertiary/aromatic N) is 5. The molecule has 0 saturated carbocycles. The molecule has 0 bridgehead atoms. The van der Waals surface area contributed by atoms with Crippen molar-refractivity contribution in [3.8, 4) is 11.5 Å². The molecule has 0 amide bonds. The molecule has 30 heavy (non-hydrogen) atoms. The van der Waals surface area contributed by atoms with Gasteiger partial charge in [-0.15, -0.1) is 5.11 Å². The monoisotopic (exact) mass is 401 g/mol. The van der Waals surface area contributed by atoms with Gasteiger partial charge < -0.3 is 14.4 Å². The Hall–Kier alpha value is -3.74. The van der Waals surface area contributed by atoms with E-state index in [1.54, 1.807) is 18.2 Å². The van der Waals surface area contributed by atoms with Gasteiger partial charge in [-0.3, -0.25) is 0 Å². The normalized spacial score (nSPS) is 11.4. The number of ether oxygens (including phenoxy) is 1. The highest BCUT2D eigenvalue weighted by atomic mass is 16.5. The predicted molar refractivity (Wildman–Crippen MR) is 115 cm³/mol. The summed E-state index contributed by atoms with van der Waals surface area (Å²) in [5.74, 6) is 1.07. The fourth-order valence-corrected chi connectivity index (χ4v) is 3.49. The Kier molecular flexibility index (Phi) is 5.43. The Bertz CT molecular complexity index is 1220. The summed E-state index contributed by atoms with van der Waals surface area (Å²) in [6.07, 6.45) is 1.53. The Morgan fingerprint density at radius 2 is 1.83 bits per heavy atom. The lowest BCUT2D eigenvalue weighted by atomic mass is 10.2. The van der Waals surface area contributed by atoms with Crippen LogP contribution in [-0.2, 0) is 13.1 Å². The summed E-state index contributed by atoms with van der Waals surface area (Å²) in [6, 6.07) is 15.4. The number of aromatic nitrogens is 3. The first kappa shape index (κ1) is 19.6. The second-order valence-electron chi connectivity index (χ2n) is 7.08. The summed E-state index contributed by atoms with van der Waals surface area (Å²) in [7, 11) is 1.52. The maximum atomic E-state index is 9.72. The molecular weight excluding hydrogens is 378 g/mol. The Labute approximate surface area is 174 Å². The molecule has 7 heteroatoms. The zero-order valence-corrected chi connectivity index (χ0v) is 17.2. The van der Waals surface area contributed by atoms with Gasteiger partial charge in [-0.05, 0) is 42.7 Å². The molecular formula is C23H23N5O2. The molecule has 0 aliphatic heterocycles. The number of aromatic hydroxyl groups is 1. The zero-order chi connectivity index (χ0) is 21.1. The molecule has 2 heterocycles. The molecule has 0 spiro atoms. The van der Waals surface area contributed by atoms with E-state index in [-0.39, 0.29) is 5.75 Å². The smallest absolute Gasteiger partial charge is 0.186 e. The van der Waals surface area contributed by atoms with E-state index in [9.17, 15) is 5.11 Å². The van der Waals surface area contributed by atoms with E-state index < -0.39 is 0 Å². The van der Waals surface area contributed by atoms with Crippen LogP contribution in [0.25, 0.3) is 11.0 Å². The van der Waals surface area contributed by atoms with Crippen LogP contribution < -0.4 is 4.74 Å². The lowest BCUT2D eigenvalue weighted by Crippen LogP contribution is -2.02. The first-order valence-corrected chi connectivity index (χ1v) is 9.66. The molecule has 0 radical (unpaired) electrons. The average molecular weight is 401 g/mol. The fourth-order valence-electron chi connectivity index (χ4n) is 3.49. The van der Waals surface area contributed by atoms with Crippen molar-refractivity contribution in [1.82, 2.24) is 14.5 Å². The van der Waals surface area contributed by atoms with E-state index in [0.29, 0.717) is 18.1 Å². The van der Waals surface area contributed by atoms with Crippen LogP contribution in [0.2, 0.25) is 0 Å². The molecule has 0 unspecified atom stereocenters.